The molecule has 1 fully saturated rings. The van der Waals surface area contributed by atoms with Crippen molar-refractivity contribution < 1.29 is 32.6 Å². The van der Waals surface area contributed by atoms with Gasteiger partial charge in [0.05, 0.1) is 19.2 Å². The Morgan fingerprint density at radius 3 is 2.40 bits per heavy atom. The van der Waals surface area contributed by atoms with Crippen LogP contribution in [0.4, 0.5) is 8.78 Å². The van der Waals surface area contributed by atoms with Crippen molar-refractivity contribution in [3.63, 3.8) is 0 Å². The number of hydrogen-bond donors (Lipinski definition) is 4. The minimum atomic E-state index is -3.06. The second kappa shape index (κ2) is 13.1. The van der Waals surface area contributed by atoms with Gasteiger partial charge >= 0.3 is 6.61 Å². The van der Waals surface area contributed by atoms with Crippen molar-refractivity contribution >= 4 is 34.9 Å². The average Bonchev–Trinajstić information content (AvgIpc) is 3.59. The Bertz CT molecular complexity index is 1350. The highest BCUT2D eigenvalue weighted by atomic mass is 32.1. The minimum Gasteiger partial charge on any atom is -0.457 e. The Balaban J connectivity index is 1.34. The van der Waals surface area contributed by atoms with E-state index in [1.807, 2.05) is 18.2 Å². The van der Waals surface area contributed by atoms with Gasteiger partial charge in [-0.05, 0) is 42.5 Å². The molecule has 0 saturated carbocycles. The minimum absolute atomic E-state index is 0.105. The number of thiophene rings is 1. The molecule has 10 nitrogen and oxygen atoms in total. The Morgan fingerprint density at radius 1 is 1.05 bits per heavy atom. The highest BCUT2D eigenvalue weighted by molar-refractivity contribution is 7.10. The molecule has 40 heavy (non-hydrogen) atoms. The molecule has 2 aromatic carbocycles. The van der Waals surface area contributed by atoms with Crippen LogP contribution in [-0.2, 0) is 20.9 Å². The van der Waals surface area contributed by atoms with Crippen LogP contribution >= 0.6 is 11.3 Å². The van der Waals surface area contributed by atoms with E-state index in [9.17, 15) is 23.2 Å². The molecule has 3 aromatic rings. The maximum absolute atomic E-state index is 13.0. The normalized spacial score (nSPS) is 16.5. The Morgan fingerprint density at radius 2 is 1.75 bits per heavy atom. The number of amides is 3. The molecule has 0 radical (unpaired) electrons. The number of nitrogen functional groups attached to an aromatic ring is 1. The van der Waals surface area contributed by atoms with E-state index in [4.69, 9.17) is 15.9 Å². The molecule has 1 saturated heterocycles. The zero-order valence-corrected chi connectivity index (χ0v) is 22.0. The molecule has 0 aliphatic carbocycles. The number of ether oxygens (including phenoxy) is 2. The number of halogens is 2. The van der Waals surface area contributed by atoms with Gasteiger partial charge in [0.25, 0.3) is 5.91 Å². The van der Waals surface area contributed by atoms with Crippen molar-refractivity contribution in [2.45, 2.75) is 31.7 Å². The number of nitrogens with zero attached hydrogens (tertiary/aromatic N) is 1. The van der Waals surface area contributed by atoms with Gasteiger partial charge < -0.3 is 30.7 Å². The topological polar surface area (TPSA) is 147 Å². The lowest BCUT2D eigenvalue weighted by Gasteiger charge is -2.23. The van der Waals surface area contributed by atoms with Crippen LogP contribution < -0.4 is 21.1 Å². The number of rotatable bonds is 11. The number of para-hydroxylation sites is 1. The first-order valence-electron chi connectivity index (χ1n) is 12.2. The van der Waals surface area contributed by atoms with E-state index in [0.717, 1.165) is 9.78 Å². The molecule has 1 aliphatic rings. The van der Waals surface area contributed by atoms with Gasteiger partial charge in [0.2, 0.25) is 11.8 Å². The predicted octanol–water partition coefficient (Wildman–Crippen LogP) is 3.08. The summed E-state index contributed by atoms with van der Waals surface area (Å²) in [5.74, 6) is -0.638. The summed E-state index contributed by atoms with van der Waals surface area (Å²) >= 11 is 1.29. The number of amidine groups is 1. The first-order chi connectivity index (χ1) is 19.2. The summed E-state index contributed by atoms with van der Waals surface area (Å²) in [6, 6.07) is 16.0. The first kappa shape index (κ1) is 28.6. The highest BCUT2D eigenvalue weighted by Gasteiger charge is 2.41. The maximum atomic E-state index is 13.0. The van der Waals surface area contributed by atoms with Gasteiger partial charge in [-0.25, -0.2) is 0 Å². The van der Waals surface area contributed by atoms with Gasteiger partial charge in [0.1, 0.15) is 23.4 Å². The number of alkyl halides is 2. The lowest BCUT2D eigenvalue weighted by molar-refractivity contribution is -0.160. The van der Waals surface area contributed by atoms with Gasteiger partial charge in [-0.15, -0.1) is 11.3 Å². The molecule has 0 unspecified atom stereocenters. The van der Waals surface area contributed by atoms with E-state index in [-0.39, 0.29) is 30.9 Å². The molecule has 4 rings (SSSR count). The molecule has 1 aliphatic heterocycles. The fourth-order valence-corrected chi connectivity index (χ4v) is 4.95. The van der Waals surface area contributed by atoms with Crippen LogP contribution in [0.5, 0.6) is 11.5 Å². The Kier molecular flexibility index (Phi) is 9.40. The third-order valence-corrected chi connectivity index (χ3v) is 7.01. The van der Waals surface area contributed by atoms with Crippen molar-refractivity contribution in [1.82, 2.24) is 15.5 Å². The van der Waals surface area contributed by atoms with E-state index in [0.29, 0.717) is 17.1 Å². The van der Waals surface area contributed by atoms with E-state index >= 15 is 0 Å². The SMILES string of the molecule is N=C(N)c1csc(CNC(=O)[C@@H]2C[C@H](OC(F)F)CN2C(=O)CNC(=O)c2ccc(Oc3ccccc3)cc2)c1. The van der Waals surface area contributed by atoms with Crippen LogP contribution in [-0.4, -0.2) is 60.3 Å². The maximum Gasteiger partial charge on any atom is 0.345 e. The van der Waals surface area contributed by atoms with Gasteiger partial charge in [-0.1, -0.05) is 18.2 Å². The summed E-state index contributed by atoms with van der Waals surface area (Å²) in [5, 5.41) is 14.3. The van der Waals surface area contributed by atoms with E-state index < -0.39 is 43.0 Å². The third kappa shape index (κ3) is 7.61. The fourth-order valence-electron chi connectivity index (χ4n) is 4.13. The Hall–Kier alpha value is -4.36. The summed E-state index contributed by atoms with van der Waals surface area (Å²) in [5.41, 5.74) is 6.26. The van der Waals surface area contributed by atoms with Crippen molar-refractivity contribution in [1.29, 1.82) is 5.41 Å². The zero-order chi connectivity index (χ0) is 28.6. The largest absolute Gasteiger partial charge is 0.457 e. The van der Waals surface area contributed by atoms with E-state index in [1.54, 1.807) is 47.8 Å². The standard InChI is InChI=1S/C27H27F2N5O5S/c28-27(29)39-20-11-22(26(37)32-12-21-10-17(15-40-21)24(30)31)34(14-20)23(35)13-33-25(36)16-6-8-19(9-7-16)38-18-4-2-1-3-5-18/h1-10,15,20,22,27H,11-14H2,(H3,30,31)(H,32,37)(H,33,36)/t20-,22-/m0/s1. The smallest absolute Gasteiger partial charge is 0.345 e. The molecule has 0 bridgehead atoms. The predicted molar refractivity (Wildman–Crippen MR) is 143 cm³/mol. The van der Waals surface area contributed by atoms with Crippen LogP contribution in [0.1, 0.15) is 27.2 Å². The summed E-state index contributed by atoms with van der Waals surface area (Å²) in [6.07, 6.45) is -1.17. The molecular weight excluding hydrogens is 544 g/mol. The van der Waals surface area contributed by atoms with Crippen LogP contribution in [0.3, 0.4) is 0 Å². The number of carbonyl (C=O) groups is 3. The molecule has 2 heterocycles. The third-order valence-electron chi connectivity index (χ3n) is 6.08. The van der Waals surface area contributed by atoms with Crippen molar-refractivity contribution in [2.24, 2.45) is 5.73 Å². The molecule has 2 atom stereocenters. The molecule has 0 spiro atoms. The highest BCUT2D eigenvalue weighted by Crippen LogP contribution is 2.24. The van der Waals surface area contributed by atoms with Crippen LogP contribution in [0, 0.1) is 5.41 Å². The van der Waals surface area contributed by atoms with Crippen molar-refractivity contribution in [2.75, 3.05) is 13.1 Å². The van der Waals surface area contributed by atoms with Crippen LogP contribution in [0.25, 0.3) is 0 Å². The second-order valence-corrected chi connectivity index (χ2v) is 9.87. The lowest BCUT2D eigenvalue weighted by Crippen LogP contribution is -2.48. The molecule has 210 valence electrons. The van der Waals surface area contributed by atoms with Crippen molar-refractivity contribution in [3.8, 4) is 11.5 Å². The number of nitrogens with one attached hydrogen (secondary N) is 3. The summed E-state index contributed by atoms with van der Waals surface area (Å²) in [7, 11) is 0. The molecule has 1 aromatic heterocycles. The second-order valence-electron chi connectivity index (χ2n) is 8.87. The van der Waals surface area contributed by atoms with E-state index in [2.05, 4.69) is 15.4 Å². The summed E-state index contributed by atoms with van der Waals surface area (Å²) < 4.78 is 36.0. The quantitative estimate of drug-likeness (QED) is 0.206. The molecular formula is C27H27F2N5O5S. The number of likely N-dealkylation sites (tertiary alicyclic amines) is 1. The van der Waals surface area contributed by atoms with Crippen LogP contribution in [0.2, 0.25) is 0 Å². The van der Waals surface area contributed by atoms with Gasteiger partial charge in [-0.2, -0.15) is 8.78 Å². The van der Waals surface area contributed by atoms with E-state index in [1.165, 1.54) is 11.3 Å². The lowest BCUT2D eigenvalue weighted by atomic mass is 10.1. The first-order valence-corrected chi connectivity index (χ1v) is 13.1. The number of carbonyl (C=O) groups excluding carboxylic acids is 3. The van der Waals surface area contributed by atoms with Gasteiger partial charge in [0, 0.05) is 34.3 Å². The average molecular weight is 572 g/mol. The number of nitrogens with two attached hydrogens (primary N) is 1. The molecule has 13 heteroatoms. The fraction of sp³-hybridized carbons (Fsp3) is 0.259. The Labute approximate surface area is 232 Å². The van der Waals surface area contributed by atoms with Crippen LogP contribution in [0.15, 0.2) is 66.0 Å². The zero-order valence-electron chi connectivity index (χ0n) is 21.1. The monoisotopic (exact) mass is 571 g/mol. The summed E-state index contributed by atoms with van der Waals surface area (Å²) in [4.78, 5) is 40.4. The molecule has 3 amide bonds. The number of hydrogen-bond acceptors (Lipinski definition) is 7. The van der Waals surface area contributed by atoms with Crippen molar-refractivity contribution in [3.05, 3.63) is 82.0 Å². The number of benzene rings is 2. The van der Waals surface area contributed by atoms with Gasteiger partial charge in [0.15, 0.2) is 0 Å². The molecule has 5 N–H and O–H groups in total. The summed E-state index contributed by atoms with van der Waals surface area (Å²) in [6.45, 7) is -3.63. The van der Waals surface area contributed by atoms with Gasteiger partial charge in [-0.3, -0.25) is 19.8 Å².